The van der Waals surface area contributed by atoms with Gasteiger partial charge in [0.15, 0.2) is 0 Å². The van der Waals surface area contributed by atoms with Gasteiger partial charge >= 0.3 is 5.97 Å². The molecular formula is C11H20O4. The second-order valence-corrected chi connectivity index (χ2v) is 2.94. The van der Waals surface area contributed by atoms with E-state index in [9.17, 15) is 4.79 Å². The van der Waals surface area contributed by atoms with Gasteiger partial charge in [-0.05, 0) is 13.3 Å². The van der Waals surface area contributed by atoms with E-state index in [4.69, 9.17) is 14.2 Å². The van der Waals surface area contributed by atoms with Crippen LogP contribution >= 0.6 is 0 Å². The second-order valence-electron chi connectivity index (χ2n) is 2.94. The van der Waals surface area contributed by atoms with Crippen molar-refractivity contribution in [3.63, 3.8) is 0 Å². The van der Waals surface area contributed by atoms with Crippen molar-refractivity contribution in [2.24, 2.45) is 0 Å². The minimum Gasteiger partial charge on any atom is -0.457 e. The molecule has 1 atom stereocenters. The maximum atomic E-state index is 10.9. The molecule has 0 saturated carbocycles. The zero-order valence-electron chi connectivity index (χ0n) is 9.53. The van der Waals surface area contributed by atoms with Crippen LogP contribution < -0.4 is 0 Å². The summed E-state index contributed by atoms with van der Waals surface area (Å²) in [5, 5.41) is 0. The molecule has 0 saturated heterocycles. The highest BCUT2D eigenvalue weighted by Gasteiger charge is 2.09. The Morgan fingerprint density at radius 1 is 1.33 bits per heavy atom. The van der Waals surface area contributed by atoms with Gasteiger partial charge in [-0.25, -0.2) is 4.79 Å². The molecular weight excluding hydrogens is 196 g/mol. The van der Waals surface area contributed by atoms with Gasteiger partial charge in [0.25, 0.3) is 0 Å². The van der Waals surface area contributed by atoms with Gasteiger partial charge in [-0.2, -0.15) is 0 Å². The fourth-order valence-electron chi connectivity index (χ4n) is 0.925. The average molecular weight is 216 g/mol. The molecule has 4 nitrogen and oxygen atoms in total. The molecule has 0 fully saturated rings. The molecule has 15 heavy (non-hydrogen) atoms. The van der Waals surface area contributed by atoms with Crippen LogP contribution in [-0.2, 0) is 19.0 Å². The minimum atomic E-state index is -0.407. The molecule has 0 aliphatic heterocycles. The minimum absolute atomic E-state index is 0.197. The SMILES string of the molecule is C=CC(=O)OC(CC)COCCOCC. The Kier molecular flexibility index (Phi) is 9.11. The summed E-state index contributed by atoms with van der Waals surface area (Å²) in [5.41, 5.74) is 0. The average Bonchev–Trinajstić information content (AvgIpc) is 2.26. The van der Waals surface area contributed by atoms with Gasteiger partial charge in [-0.1, -0.05) is 13.5 Å². The fraction of sp³-hybridized carbons (Fsp3) is 0.727. The first-order valence-corrected chi connectivity index (χ1v) is 5.23. The van der Waals surface area contributed by atoms with Crippen molar-refractivity contribution in [2.75, 3.05) is 26.4 Å². The maximum Gasteiger partial charge on any atom is 0.330 e. The molecule has 0 spiro atoms. The molecule has 0 N–H and O–H groups in total. The number of esters is 1. The summed E-state index contributed by atoms with van der Waals surface area (Å²) in [7, 11) is 0. The van der Waals surface area contributed by atoms with E-state index >= 15 is 0 Å². The predicted molar refractivity (Wildman–Crippen MR) is 57.7 cm³/mol. The highest BCUT2D eigenvalue weighted by atomic mass is 16.6. The third-order valence-corrected chi connectivity index (χ3v) is 1.78. The molecule has 0 amide bonds. The largest absolute Gasteiger partial charge is 0.457 e. The van der Waals surface area contributed by atoms with Crippen LogP contribution in [0.1, 0.15) is 20.3 Å². The molecule has 0 aromatic carbocycles. The predicted octanol–water partition coefficient (Wildman–Crippen LogP) is 1.55. The van der Waals surface area contributed by atoms with Crippen LogP contribution in [0.5, 0.6) is 0 Å². The lowest BCUT2D eigenvalue weighted by Gasteiger charge is -2.15. The van der Waals surface area contributed by atoms with Crippen LogP contribution in [0.2, 0.25) is 0 Å². The number of rotatable bonds is 9. The van der Waals surface area contributed by atoms with Crippen LogP contribution in [0, 0.1) is 0 Å². The first-order valence-electron chi connectivity index (χ1n) is 5.23. The van der Waals surface area contributed by atoms with E-state index < -0.39 is 5.97 Å². The van der Waals surface area contributed by atoms with Crippen molar-refractivity contribution in [1.82, 2.24) is 0 Å². The second kappa shape index (κ2) is 9.68. The lowest BCUT2D eigenvalue weighted by Crippen LogP contribution is -2.22. The number of hydrogen-bond acceptors (Lipinski definition) is 4. The summed E-state index contributed by atoms with van der Waals surface area (Å²) in [5.74, 6) is -0.407. The maximum absolute atomic E-state index is 10.9. The van der Waals surface area contributed by atoms with Crippen molar-refractivity contribution >= 4 is 5.97 Å². The molecule has 0 aromatic heterocycles. The molecule has 0 heterocycles. The summed E-state index contributed by atoms with van der Waals surface area (Å²) >= 11 is 0. The molecule has 0 aliphatic carbocycles. The Balaban J connectivity index is 3.52. The van der Waals surface area contributed by atoms with Crippen LogP contribution in [0.3, 0.4) is 0 Å². The monoisotopic (exact) mass is 216 g/mol. The van der Waals surface area contributed by atoms with E-state index in [0.29, 0.717) is 26.4 Å². The Morgan fingerprint density at radius 3 is 2.53 bits per heavy atom. The summed E-state index contributed by atoms with van der Waals surface area (Å²) in [6.07, 6.45) is 1.69. The third-order valence-electron chi connectivity index (χ3n) is 1.78. The molecule has 0 radical (unpaired) electrons. The summed E-state index contributed by atoms with van der Waals surface area (Å²) in [6.45, 7) is 9.39. The van der Waals surface area contributed by atoms with E-state index in [2.05, 4.69) is 6.58 Å². The zero-order chi connectivity index (χ0) is 11.5. The molecule has 4 heteroatoms. The summed E-state index contributed by atoms with van der Waals surface area (Å²) < 4.78 is 15.4. The summed E-state index contributed by atoms with van der Waals surface area (Å²) in [6, 6.07) is 0. The van der Waals surface area contributed by atoms with E-state index in [1.54, 1.807) is 0 Å². The van der Waals surface area contributed by atoms with Gasteiger partial charge in [0.1, 0.15) is 6.10 Å². The van der Waals surface area contributed by atoms with E-state index in [-0.39, 0.29) is 6.10 Å². The van der Waals surface area contributed by atoms with Crippen molar-refractivity contribution in [2.45, 2.75) is 26.4 Å². The van der Waals surface area contributed by atoms with Crippen molar-refractivity contribution < 1.29 is 19.0 Å². The van der Waals surface area contributed by atoms with Gasteiger partial charge in [0.2, 0.25) is 0 Å². The molecule has 0 aromatic rings. The normalized spacial score (nSPS) is 12.1. The van der Waals surface area contributed by atoms with Gasteiger partial charge in [0.05, 0.1) is 19.8 Å². The third kappa shape index (κ3) is 8.15. The molecule has 0 rings (SSSR count). The first-order chi connectivity index (χ1) is 7.24. The standard InChI is InChI=1S/C11H20O4/c1-4-10(15-11(12)5-2)9-14-8-7-13-6-3/h5,10H,2,4,6-9H2,1,3H3. The van der Waals surface area contributed by atoms with Crippen LogP contribution in [-0.4, -0.2) is 38.5 Å². The van der Waals surface area contributed by atoms with Crippen molar-refractivity contribution in [3.05, 3.63) is 12.7 Å². The van der Waals surface area contributed by atoms with Crippen molar-refractivity contribution in [3.8, 4) is 0 Å². The Hall–Kier alpha value is -0.870. The Bertz CT molecular complexity index is 179. The zero-order valence-corrected chi connectivity index (χ0v) is 9.53. The van der Waals surface area contributed by atoms with Crippen LogP contribution in [0.25, 0.3) is 0 Å². The lowest BCUT2D eigenvalue weighted by atomic mass is 10.3. The number of hydrogen-bond donors (Lipinski definition) is 0. The number of ether oxygens (including phenoxy) is 3. The topological polar surface area (TPSA) is 44.8 Å². The Morgan fingerprint density at radius 2 is 2.00 bits per heavy atom. The molecule has 0 bridgehead atoms. The smallest absolute Gasteiger partial charge is 0.330 e. The van der Waals surface area contributed by atoms with E-state index in [1.807, 2.05) is 13.8 Å². The number of carbonyl (C=O) groups excluding carboxylic acids is 1. The van der Waals surface area contributed by atoms with Gasteiger partial charge in [-0.15, -0.1) is 0 Å². The van der Waals surface area contributed by atoms with Gasteiger partial charge < -0.3 is 14.2 Å². The molecule has 0 aliphatic rings. The molecule has 88 valence electrons. The van der Waals surface area contributed by atoms with Crippen LogP contribution in [0.4, 0.5) is 0 Å². The Labute approximate surface area is 91.2 Å². The van der Waals surface area contributed by atoms with Gasteiger partial charge in [-0.3, -0.25) is 0 Å². The van der Waals surface area contributed by atoms with E-state index in [0.717, 1.165) is 12.5 Å². The van der Waals surface area contributed by atoms with Crippen molar-refractivity contribution in [1.29, 1.82) is 0 Å². The molecule has 1 unspecified atom stereocenters. The van der Waals surface area contributed by atoms with Crippen LogP contribution in [0.15, 0.2) is 12.7 Å². The lowest BCUT2D eigenvalue weighted by molar-refractivity contribution is -0.146. The van der Waals surface area contributed by atoms with Gasteiger partial charge in [0, 0.05) is 12.7 Å². The highest BCUT2D eigenvalue weighted by Crippen LogP contribution is 2.00. The first kappa shape index (κ1) is 14.1. The number of carbonyl (C=O) groups is 1. The quantitative estimate of drug-likeness (QED) is 0.333. The highest BCUT2D eigenvalue weighted by molar-refractivity contribution is 5.81. The summed E-state index contributed by atoms with van der Waals surface area (Å²) in [4.78, 5) is 10.9. The fourth-order valence-corrected chi connectivity index (χ4v) is 0.925. The van der Waals surface area contributed by atoms with E-state index in [1.165, 1.54) is 0 Å².